The molecule has 0 radical (unpaired) electrons. The van der Waals surface area contributed by atoms with Crippen molar-refractivity contribution in [3.8, 4) is 0 Å². The van der Waals surface area contributed by atoms with Gasteiger partial charge in [-0.2, -0.15) is 0 Å². The zero-order valence-electron chi connectivity index (χ0n) is 54.8. The van der Waals surface area contributed by atoms with Crippen molar-refractivity contribution in [2.24, 2.45) is 23.5 Å². The predicted molar refractivity (Wildman–Crippen MR) is 337 cm³/mol. The van der Waals surface area contributed by atoms with Gasteiger partial charge in [0.2, 0.25) is 17.7 Å². The number of piperazine rings is 1. The lowest BCUT2D eigenvalue weighted by Gasteiger charge is -2.38. The molecule has 9 N–H and O–H groups in total. The summed E-state index contributed by atoms with van der Waals surface area (Å²) in [6.45, 7) is 16.0. The number of benzene rings is 1. The minimum atomic E-state index is -1.50. The van der Waals surface area contributed by atoms with Gasteiger partial charge in [0.05, 0.1) is 69.4 Å². The zero-order valence-corrected chi connectivity index (χ0v) is 54.8. The molecule has 12 atom stereocenters. The number of ether oxygens (including phenoxy) is 7. The van der Waals surface area contributed by atoms with Crippen molar-refractivity contribution in [3.63, 3.8) is 0 Å². The van der Waals surface area contributed by atoms with Crippen LogP contribution in [-0.2, 0) is 73.3 Å². The smallest absolute Gasteiger partial charge is 0.410 e. The van der Waals surface area contributed by atoms with Crippen LogP contribution in [0.5, 0.6) is 0 Å². The second kappa shape index (κ2) is 36.6. The van der Waals surface area contributed by atoms with Crippen LogP contribution < -0.4 is 27.0 Å². The minimum Gasteiger partial charge on any atom is -0.457 e. The number of hydrogen-bond acceptors (Lipinski definition) is 20. The molecule has 1 aromatic rings. The lowest BCUT2D eigenvalue weighted by atomic mass is 9.88. The van der Waals surface area contributed by atoms with Crippen molar-refractivity contribution in [1.29, 1.82) is 0 Å². The Morgan fingerprint density at radius 3 is 2.16 bits per heavy atom. The standard InChI is InChI=1S/C65H96N8O20/c1-10-49(76)43(6)58-50(90-58)38-64(8,86)25-11-13-41(4)57-42(5)15-20-51(65(9,93-44(7)74)26-23-47(75)37-55(80)92-57)91-63(85)72-30-28-71(29-31-72)62(84)89-39-45-16-18-46(19-17-45)68-59(81)48(14-12-27-67-61(66)83)69-60(82)56(40(2)3)70-52(77)24-33-87-35-36-88-34-32-73-53(78)21-22-54(73)79/h11,13,15-22,25,40,42-43,47-51,56-58,75-76,86H,10,12,14,23-24,26-39H2,1-9H3,(H,68,81)(H,69,82)(H,70,77)(H3,66,67,83)/b20-15+,25-11+,41-13+/t42-,43+,47+,48-,49-,50+,51-,56-,57+,58+,64?,65+/m0/s1. The zero-order chi connectivity index (χ0) is 68.6. The molecule has 2 saturated heterocycles. The maximum absolute atomic E-state index is 14.0. The largest absolute Gasteiger partial charge is 0.457 e. The number of hydrogen-bond donors (Lipinski definition) is 8. The van der Waals surface area contributed by atoms with E-state index in [-0.39, 0.29) is 129 Å². The van der Waals surface area contributed by atoms with Crippen molar-refractivity contribution < 1.29 is 96.4 Å². The van der Waals surface area contributed by atoms with E-state index >= 15 is 0 Å². The Morgan fingerprint density at radius 2 is 1.54 bits per heavy atom. The first kappa shape index (κ1) is 76.0. The van der Waals surface area contributed by atoms with Crippen LogP contribution in [0.1, 0.15) is 119 Å². The molecule has 0 bridgehead atoms. The van der Waals surface area contributed by atoms with Crippen LogP contribution >= 0.6 is 0 Å². The lowest BCUT2D eigenvalue weighted by molar-refractivity contribution is -0.168. The second-order valence-electron chi connectivity index (χ2n) is 24.7. The summed E-state index contributed by atoms with van der Waals surface area (Å²) >= 11 is 0. The van der Waals surface area contributed by atoms with Gasteiger partial charge in [-0.05, 0) is 88.1 Å². The fourth-order valence-corrected chi connectivity index (χ4v) is 10.8. The summed E-state index contributed by atoms with van der Waals surface area (Å²) in [5.41, 5.74) is 3.97. The number of urea groups is 1. The molecule has 0 aromatic heterocycles. The Labute approximate surface area is 543 Å². The number of amides is 9. The number of primary amides is 1. The number of cyclic esters (lactones) is 1. The molecule has 28 nitrogen and oxygen atoms in total. The van der Waals surface area contributed by atoms with Gasteiger partial charge in [-0.15, -0.1) is 0 Å². The highest BCUT2D eigenvalue weighted by Gasteiger charge is 2.47. The van der Waals surface area contributed by atoms with Gasteiger partial charge in [-0.25, -0.2) is 14.4 Å². The number of carbonyl (C=O) groups excluding carboxylic acids is 10. The molecule has 93 heavy (non-hydrogen) atoms. The number of aliphatic hydroxyl groups excluding tert-OH is 2. The summed E-state index contributed by atoms with van der Waals surface area (Å²) in [4.78, 5) is 132. The van der Waals surface area contributed by atoms with Gasteiger partial charge in [0.1, 0.15) is 30.4 Å². The van der Waals surface area contributed by atoms with Crippen LogP contribution in [0, 0.1) is 17.8 Å². The van der Waals surface area contributed by atoms with Crippen LogP contribution in [0.2, 0.25) is 0 Å². The highest BCUT2D eigenvalue weighted by atomic mass is 16.6. The van der Waals surface area contributed by atoms with Crippen molar-refractivity contribution in [2.75, 3.05) is 71.0 Å². The number of carbonyl (C=O) groups is 10. The molecule has 1 aromatic carbocycles. The minimum absolute atomic E-state index is 0.00821. The third kappa shape index (κ3) is 25.2. The molecule has 0 aliphatic carbocycles. The van der Waals surface area contributed by atoms with Gasteiger partial charge in [-0.1, -0.05) is 71.1 Å². The Bertz CT molecular complexity index is 2840. The van der Waals surface area contributed by atoms with Crippen LogP contribution in [0.25, 0.3) is 0 Å². The normalized spacial score (nSPS) is 24.3. The third-order valence-corrected chi connectivity index (χ3v) is 16.4. The number of imide groups is 1. The van der Waals surface area contributed by atoms with Crippen molar-refractivity contribution in [2.45, 2.75) is 180 Å². The van der Waals surface area contributed by atoms with Gasteiger partial charge in [0.25, 0.3) is 11.8 Å². The number of nitrogens with zero attached hydrogens (tertiary/aromatic N) is 3. The Morgan fingerprint density at radius 1 is 0.892 bits per heavy atom. The van der Waals surface area contributed by atoms with Crippen LogP contribution in [-0.4, -0.2) is 215 Å². The summed E-state index contributed by atoms with van der Waals surface area (Å²) in [5.74, 6) is -4.88. The summed E-state index contributed by atoms with van der Waals surface area (Å²) < 4.78 is 40.2. The number of nitrogens with one attached hydrogen (secondary N) is 4. The average molecular weight is 1310 g/mol. The van der Waals surface area contributed by atoms with Gasteiger partial charge >= 0.3 is 30.2 Å². The molecule has 28 heteroatoms. The molecular formula is C65H96N8O20. The van der Waals surface area contributed by atoms with E-state index in [1.807, 2.05) is 13.8 Å². The van der Waals surface area contributed by atoms with E-state index in [0.29, 0.717) is 29.7 Å². The van der Waals surface area contributed by atoms with Crippen molar-refractivity contribution >= 4 is 65.4 Å². The number of epoxide rings is 1. The Balaban J connectivity index is 1.12. The molecule has 4 heterocycles. The van der Waals surface area contributed by atoms with E-state index in [1.165, 1.54) is 28.9 Å². The average Bonchev–Trinajstić information content (AvgIpc) is 1.74. The van der Waals surface area contributed by atoms with E-state index in [9.17, 15) is 63.3 Å². The molecule has 5 rings (SSSR count). The van der Waals surface area contributed by atoms with Crippen LogP contribution in [0.4, 0.5) is 20.1 Å². The number of nitrogens with two attached hydrogens (primary N) is 1. The lowest BCUT2D eigenvalue weighted by Crippen LogP contribution is -2.54. The number of esters is 2. The predicted octanol–water partition coefficient (Wildman–Crippen LogP) is 3.60. The summed E-state index contributed by atoms with van der Waals surface area (Å²) in [6.07, 6.45) is 5.78. The van der Waals surface area contributed by atoms with Crippen molar-refractivity contribution in [3.05, 3.63) is 77.9 Å². The first-order chi connectivity index (χ1) is 44.0. The number of aliphatic hydroxyl groups is 3. The molecule has 0 spiro atoms. The molecule has 4 aliphatic rings. The maximum Gasteiger partial charge on any atom is 0.410 e. The molecule has 516 valence electrons. The fraction of sp³-hybridized carbons (Fsp3) is 0.631. The van der Waals surface area contributed by atoms with E-state index < -0.39 is 119 Å². The SMILES string of the molecule is CC[C@H](O)[C@@H](C)[C@H]1O[C@@H]1CC(C)(O)/C=C/C=C(\C)[C@H]1OC(=O)C[C@H](O)CC[C@@](C)(OC(C)=O)[C@@H](OC(=O)N2CCN(C(=O)OCc3ccc(NC(=O)[C@H](CCCNC(N)=O)NC(=O)[C@@H](NC(=O)CCOCCOCCN4C(=O)C=CC4=O)C(C)C)cc3)CC2)/C=C/[C@@H]1C. The first-order valence-electron chi connectivity index (χ1n) is 31.8. The fourth-order valence-electron chi connectivity index (χ4n) is 10.8. The molecule has 9 amide bonds. The van der Waals surface area contributed by atoms with E-state index in [2.05, 4.69) is 21.3 Å². The third-order valence-electron chi connectivity index (χ3n) is 16.4. The van der Waals surface area contributed by atoms with Crippen molar-refractivity contribution in [1.82, 2.24) is 30.7 Å². The maximum atomic E-state index is 14.0. The highest BCUT2D eigenvalue weighted by Crippen LogP contribution is 2.38. The molecule has 1 unspecified atom stereocenters. The molecule has 2 fully saturated rings. The van der Waals surface area contributed by atoms with E-state index in [4.69, 9.17) is 38.9 Å². The monoisotopic (exact) mass is 1310 g/mol. The van der Waals surface area contributed by atoms with E-state index in [0.717, 1.165) is 4.90 Å². The topological polar surface area (TPSA) is 383 Å². The van der Waals surface area contributed by atoms with Crippen LogP contribution in [0.15, 0.2) is 72.4 Å². The summed E-state index contributed by atoms with van der Waals surface area (Å²) in [5, 5.41) is 43.2. The quantitative estimate of drug-likeness (QED) is 0.0100. The van der Waals surface area contributed by atoms with Gasteiger partial charge in [0.15, 0.2) is 6.10 Å². The number of anilines is 1. The molecule has 0 saturated carbocycles. The van der Waals surface area contributed by atoms with Gasteiger partial charge < -0.3 is 85.3 Å². The Kier molecular flexibility index (Phi) is 29.9. The number of allylic oxidation sites excluding steroid dienone is 2. The highest BCUT2D eigenvalue weighted by molar-refractivity contribution is 6.12. The van der Waals surface area contributed by atoms with Crippen LogP contribution in [0.3, 0.4) is 0 Å². The van der Waals surface area contributed by atoms with E-state index in [1.54, 1.807) is 96.2 Å². The summed E-state index contributed by atoms with van der Waals surface area (Å²) in [6, 6.07) is 3.50. The summed E-state index contributed by atoms with van der Waals surface area (Å²) in [7, 11) is 0. The number of rotatable bonds is 31. The second-order valence-corrected chi connectivity index (χ2v) is 24.7. The van der Waals surface area contributed by atoms with Gasteiger partial charge in [0, 0.05) is 82.2 Å². The molecular weight excluding hydrogens is 1210 g/mol. The Hall–Kier alpha value is -7.76. The first-order valence-corrected chi connectivity index (χ1v) is 31.8. The van der Waals surface area contributed by atoms with Gasteiger partial charge in [-0.3, -0.25) is 38.5 Å². The molecule has 4 aliphatic heterocycles.